The molecule has 0 radical (unpaired) electrons. The number of rotatable bonds is 12. The lowest BCUT2D eigenvalue weighted by Crippen LogP contribution is -2.49. The Bertz CT molecular complexity index is 1290. The van der Waals surface area contributed by atoms with Crippen LogP contribution in [-0.4, -0.2) is 58.3 Å². The number of hydrogen-bond acceptors (Lipinski definition) is 7. The standard InChI is InChI=1S/C28H29ClFN5O3/c1-2-38-28(37)22(17-35-15-20(13-31)16-35)10-19(11-27(36)26-14-32-34-33-26)9-18-3-5-21(6-4-18)24-12-23(29)7-8-25(24)30/h3-8,12,14,19-20,22H,2,9-11,15-17H2,1H3,(H,32,33,34)/t19-,22+/m1/s1. The molecule has 2 aromatic carbocycles. The van der Waals surface area contributed by atoms with Crippen LogP contribution in [0, 0.1) is 34.9 Å². The molecule has 0 spiro atoms. The number of ketones is 1. The molecule has 2 atom stereocenters. The van der Waals surface area contributed by atoms with E-state index >= 15 is 0 Å². The van der Waals surface area contributed by atoms with Gasteiger partial charge in [0.05, 0.1) is 30.7 Å². The van der Waals surface area contributed by atoms with Crippen LogP contribution >= 0.6 is 11.6 Å². The van der Waals surface area contributed by atoms with Gasteiger partial charge in [-0.2, -0.15) is 20.7 Å². The molecule has 0 bridgehead atoms. The fourth-order valence-corrected chi connectivity index (χ4v) is 5.01. The lowest BCUT2D eigenvalue weighted by atomic mass is 9.84. The number of nitriles is 1. The van der Waals surface area contributed by atoms with E-state index in [9.17, 15) is 14.0 Å². The minimum atomic E-state index is -0.440. The largest absolute Gasteiger partial charge is 0.466 e. The fourth-order valence-electron chi connectivity index (χ4n) is 4.83. The summed E-state index contributed by atoms with van der Waals surface area (Å²) in [6, 6.07) is 14.1. The average molecular weight is 538 g/mol. The van der Waals surface area contributed by atoms with Gasteiger partial charge in [-0.1, -0.05) is 35.9 Å². The van der Waals surface area contributed by atoms with E-state index in [4.69, 9.17) is 21.6 Å². The normalized spacial score (nSPS) is 15.3. The first-order valence-electron chi connectivity index (χ1n) is 12.6. The molecule has 1 saturated heterocycles. The maximum Gasteiger partial charge on any atom is 0.310 e. The lowest BCUT2D eigenvalue weighted by molar-refractivity contribution is -0.150. The summed E-state index contributed by atoms with van der Waals surface area (Å²) < 4.78 is 19.7. The average Bonchev–Trinajstić information content (AvgIpc) is 3.42. The third-order valence-corrected chi connectivity index (χ3v) is 6.98. The molecule has 1 aromatic heterocycles. The highest BCUT2D eigenvalue weighted by Gasteiger charge is 2.33. The van der Waals surface area contributed by atoms with Gasteiger partial charge in [-0.3, -0.25) is 14.5 Å². The van der Waals surface area contributed by atoms with Crippen molar-refractivity contribution in [1.82, 2.24) is 20.3 Å². The van der Waals surface area contributed by atoms with Crippen molar-refractivity contribution in [2.75, 3.05) is 26.2 Å². The Morgan fingerprint density at radius 3 is 2.68 bits per heavy atom. The Morgan fingerprint density at radius 1 is 1.26 bits per heavy atom. The SMILES string of the molecule is CCOC(=O)[C@@H](C[C@H](CC(=O)c1cn[nH]n1)Cc1ccc(-c2cc(Cl)ccc2F)cc1)CN1CC(C#N)C1. The van der Waals surface area contributed by atoms with Gasteiger partial charge in [-0.15, -0.1) is 0 Å². The summed E-state index contributed by atoms with van der Waals surface area (Å²) >= 11 is 6.05. The van der Waals surface area contributed by atoms with E-state index in [1.807, 2.05) is 24.3 Å². The molecule has 2 heterocycles. The molecule has 38 heavy (non-hydrogen) atoms. The molecule has 0 saturated carbocycles. The first-order valence-corrected chi connectivity index (χ1v) is 13.0. The molecule has 198 valence electrons. The van der Waals surface area contributed by atoms with Gasteiger partial charge in [0.25, 0.3) is 0 Å². The Hall–Kier alpha value is -3.61. The van der Waals surface area contributed by atoms with Crippen molar-refractivity contribution in [2.45, 2.75) is 26.2 Å². The van der Waals surface area contributed by atoms with Crippen molar-refractivity contribution in [3.05, 3.63) is 70.8 Å². The monoisotopic (exact) mass is 537 g/mol. The van der Waals surface area contributed by atoms with Gasteiger partial charge in [0.2, 0.25) is 0 Å². The molecule has 10 heteroatoms. The van der Waals surface area contributed by atoms with E-state index in [-0.39, 0.29) is 48.1 Å². The maximum absolute atomic E-state index is 14.3. The molecule has 0 aliphatic carbocycles. The van der Waals surface area contributed by atoms with Crippen LogP contribution in [0.1, 0.15) is 35.8 Å². The number of aromatic nitrogens is 3. The summed E-state index contributed by atoms with van der Waals surface area (Å²) in [6.07, 6.45) is 2.52. The number of carbonyl (C=O) groups excluding carboxylic acids is 2. The van der Waals surface area contributed by atoms with Crippen LogP contribution in [-0.2, 0) is 16.0 Å². The summed E-state index contributed by atoms with van der Waals surface area (Å²) in [6.45, 7) is 3.74. The zero-order valence-electron chi connectivity index (χ0n) is 21.1. The number of benzene rings is 2. The predicted molar refractivity (Wildman–Crippen MR) is 140 cm³/mol. The van der Waals surface area contributed by atoms with Crippen LogP contribution < -0.4 is 0 Å². The minimum Gasteiger partial charge on any atom is -0.466 e. The first kappa shape index (κ1) is 27.4. The van der Waals surface area contributed by atoms with Crippen LogP contribution in [0.4, 0.5) is 4.39 Å². The third-order valence-electron chi connectivity index (χ3n) is 6.75. The molecule has 1 aliphatic rings. The first-order chi connectivity index (χ1) is 18.4. The molecular weight excluding hydrogens is 509 g/mol. The second-order valence-electron chi connectivity index (χ2n) is 9.60. The second kappa shape index (κ2) is 12.8. The van der Waals surface area contributed by atoms with E-state index in [1.54, 1.807) is 13.0 Å². The third kappa shape index (κ3) is 7.03. The minimum absolute atomic E-state index is 0.0229. The van der Waals surface area contributed by atoms with Crippen LogP contribution in [0.5, 0.6) is 0 Å². The van der Waals surface area contributed by atoms with Crippen LogP contribution in [0.25, 0.3) is 11.1 Å². The number of nitrogens with one attached hydrogen (secondary N) is 1. The fraction of sp³-hybridized carbons (Fsp3) is 0.393. The van der Waals surface area contributed by atoms with E-state index in [2.05, 4.69) is 26.4 Å². The van der Waals surface area contributed by atoms with Gasteiger partial charge >= 0.3 is 5.97 Å². The summed E-state index contributed by atoms with van der Waals surface area (Å²) in [5, 5.41) is 19.7. The summed E-state index contributed by atoms with van der Waals surface area (Å²) in [7, 11) is 0. The Morgan fingerprint density at radius 2 is 2.03 bits per heavy atom. The number of carbonyl (C=O) groups is 2. The van der Waals surface area contributed by atoms with Crippen molar-refractivity contribution >= 4 is 23.4 Å². The highest BCUT2D eigenvalue weighted by atomic mass is 35.5. The van der Waals surface area contributed by atoms with E-state index < -0.39 is 5.92 Å². The van der Waals surface area contributed by atoms with Crippen molar-refractivity contribution in [2.24, 2.45) is 17.8 Å². The second-order valence-corrected chi connectivity index (χ2v) is 10.0. The van der Waals surface area contributed by atoms with Gasteiger partial charge < -0.3 is 4.74 Å². The molecule has 1 N–H and O–H groups in total. The number of likely N-dealkylation sites (tertiary alicyclic amines) is 1. The molecule has 1 fully saturated rings. The molecule has 3 aromatic rings. The zero-order chi connectivity index (χ0) is 27.1. The van der Waals surface area contributed by atoms with Crippen molar-refractivity contribution < 1.29 is 18.7 Å². The maximum atomic E-state index is 14.3. The van der Waals surface area contributed by atoms with Gasteiger partial charge in [0.1, 0.15) is 11.5 Å². The van der Waals surface area contributed by atoms with Crippen LogP contribution in [0.2, 0.25) is 5.02 Å². The highest BCUT2D eigenvalue weighted by molar-refractivity contribution is 6.30. The topological polar surface area (TPSA) is 112 Å². The molecule has 8 nitrogen and oxygen atoms in total. The van der Waals surface area contributed by atoms with E-state index in [1.165, 1.54) is 18.3 Å². The molecule has 0 amide bonds. The number of aromatic amines is 1. The number of halogens is 2. The summed E-state index contributed by atoms with van der Waals surface area (Å²) in [5.41, 5.74) is 2.30. The Kier molecular flexibility index (Phi) is 9.21. The van der Waals surface area contributed by atoms with Crippen molar-refractivity contribution in [1.29, 1.82) is 5.26 Å². The molecule has 4 rings (SSSR count). The van der Waals surface area contributed by atoms with Crippen LogP contribution in [0.3, 0.4) is 0 Å². The predicted octanol–water partition coefficient (Wildman–Crippen LogP) is 4.72. The highest BCUT2D eigenvalue weighted by Crippen LogP contribution is 2.29. The van der Waals surface area contributed by atoms with Crippen LogP contribution in [0.15, 0.2) is 48.7 Å². The molecule has 0 unspecified atom stereocenters. The van der Waals surface area contributed by atoms with Gasteiger partial charge in [0.15, 0.2) is 5.78 Å². The van der Waals surface area contributed by atoms with Gasteiger partial charge in [-0.25, -0.2) is 4.39 Å². The number of hydrogen-bond donors (Lipinski definition) is 1. The van der Waals surface area contributed by atoms with E-state index in [0.717, 1.165) is 5.56 Å². The number of esters is 1. The number of Topliss-reactive ketones (excluding diaryl/α,β-unsaturated/α-hetero) is 1. The smallest absolute Gasteiger partial charge is 0.310 e. The number of ether oxygens (including phenoxy) is 1. The summed E-state index contributed by atoms with van der Waals surface area (Å²) in [5.74, 6) is -1.48. The number of nitrogens with zero attached hydrogens (tertiary/aromatic N) is 4. The van der Waals surface area contributed by atoms with Gasteiger partial charge in [-0.05, 0) is 55.0 Å². The summed E-state index contributed by atoms with van der Waals surface area (Å²) in [4.78, 5) is 27.9. The lowest BCUT2D eigenvalue weighted by Gasteiger charge is -2.37. The van der Waals surface area contributed by atoms with Gasteiger partial charge in [0, 0.05) is 36.6 Å². The molecular formula is C28H29ClFN5O3. The molecule has 1 aliphatic heterocycles. The zero-order valence-corrected chi connectivity index (χ0v) is 21.8. The number of H-pyrrole nitrogens is 1. The van der Waals surface area contributed by atoms with Crippen molar-refractivity contribution in [3.8, 4) is 17.2 Å². The van der Waals surface area contributed by atoms with E-state index in [0.29, 0.717) is 48.6 Å². The van der Waals surface area contributed by atoms with Crippen molar-refractivity contribution in [3.63, 3.8) is 0 Å². The quantitative estimate of drug-likeness (QED) is 0.263. The Labute approximate surface area is 225 Å². The Balaban J connectivity index is 1.52.